The molecule has 2 aromatic heterocycles. The average Bonchev–Trinajstić information content (AvgIpc) is 3.20. The Balaban J connectivity index is 1.78. The van der Waals surface area contributed by atoms with Crippen molar-refractivity contribution in [1.29, 1.82) is 0 Å². The molecule has 0 atom stereocenters. The molecule has 1 aromatic carbocycles. The molecule has 0 fully saturated rings. The predicted octanol–water partition coefficient (Wildman–Crippen LogP) is 3.42. The van der Waals surface area contributed by atoms with Gasteiger partial charge in [0.05, 0.1) is 16.8 Å². The van der Waals surface area contributed by atoms with Crippen LogP contribution in [0.15, 0.2) is 77.3 Å². The third-order valence-corrected chi connectivity index (χ3v) is 3.95. The number of rotatable bonds is 6. The molecular formula is C20H16ClN3O3. The first-order valence-corrected chi connectivity index (χ1v) is 8.49. The van der Waals surface area contributed by atoms with Gasteiger partial charge in [-0.3, -0.25) is 14.6 Å². The quantitative estimate of drug-likeness (QED) is 0.641. The molecule has 2 amide bonds. The van der Waals surface area contributed by atoms with Crippen LogP contribution in [0.3, 0.4) is 0 Å². The highest BCUT2D eigenvalue weighted by Gasteiger charge is 2.17. The van der Waals surface area contributed by atoms with E-state index in [2.05, 4.69) is 15.6 Å². The van der Waals surface area contributed by atoms with Gasteiger partial charge < -0.3 is 15.1 Å². The van der Waals surface area contributed by atoms with Crippen molar-refractivity contribution in [3.63, 3.8) is 0 Å². The number of hydrogen-bond acceptors (Lipinski definition) is 4. The summed E-state index contributed by atoms with van der Waals surface area (Å²) in [5.74, 6) is -0.522. The smallest absolute Gasteiger partial charge is 0.268 e. The number of furan rings is 1. The van der Waals surface area contributed by atoms with Crippen LogP contribution in [0, 0.1) is 0 Å². The van der Waals surface area contributed by atoms with Crippen molar-refractivity contribution in [3.05, 3.63) is 94.8 Å². The molecule has 0 radical (unpaired) electrons. The largest absolute Gasteiger partial charge is 0.465 e. The van der Waals surface area contributed by atoms with E-state index in [1.54, 1.807) is 54.9 Å². The van der Waals surface area contributed by atoms with E-state index in [9.17, 15) is 9.59 Å². The minimum absolute atomic E-state index is 0.0405. The molecule has 7 heteroatoms. The summed E-state index contributed by atoms with van der Waals surface area (Å²) in [6.07, 6.45) is 6.23. The summed E-state index contributed by atoms with van der Waals surface area (Å²) < 4.78 is 5.24. The third-order valence-electron chi connectivity index (χ3n) is 3.62. The molecule has 2 N–H and O–H groups in total. The van der Waals surface area contributed by atoms with Gasteiger partial charge in [0.25, 0.3) is 11.8 Å². The van der Waals surface area contributed by atoms with E-state index in [4.69, 9.17) is 16.0 Å². The Bertz CT molecular complexity index is 954. The monoisotopic (exact) mass is 381 g/mol. The molecule has 0 aliphatic carbocycles. The Morgan fingerprint density at radius 3 is 2.67 bits per heavy atom. The minimum Gasteiger partial charge on any atom is -0.465 e. The maximum absolute atomic E-state index is 12.6. The lowest BCUT2D eigenvalue weighted by atomic mass is 10.2. The zero-order chi connectivity index (χ0) is 19.1. The fourth-order valence-electron chi connectivity index (χ4n) is 2.29. The SMILES string of the molecule is O=C(NCc1cccnc1)/C(=C/c1ccco1)NC(=O)c1ccccc1Cl. The highest BCUT2D eigenvalue weighted by Crippen LogP contribution is 2.15. The van der Waals surface area contributed by atoms with E-state index < -0.39 is 11.8 Å². The molecule has 6 nitrogen and oxygen atoms in total. The molecule has 0 bridgehead atoms. The van der Waals surface area contributed by atoms with E-state index in [-0.39, 0.29) is 17.8 Å². The van der Waals surface area contributed by atoms with Crippen LogP contribution in [0.1, 0.15) is 21.7 Å². The topological polar surface area (TPSA) is 84.2 Å². The predicted molar refractivity (Wildman–Crippen MR) is 102 cm³/mol. The standard InChI is InChI=1S/C20H16ClN3O3/c21-17-8-2-1-7-16(17)19(25)24-18(11-15-6-4-10-27-15)20(26)23-13-14-5-3-9-22-12-14/h1-12H,13H2,(H,23,26)(H,24,25)/b18-11-. The molecule has 0 spiro atoms. The normalized spacial score (nSPS) is 11.1. The summed E-state index contributed by atoms with van der Waals surface area (Å²) in [5.41, 5.74) is 1.14. The lowest BCUT2D eigenvalue weighted by Crippen LogP contribution is -2.34. The van der Waals surface area contributed by atoms with Gasteiger partial charge in [-0.15, -0.1) is 0 Å². The molecule has 0 aliphatic rings. The van der Waals surface area contributed by atoms with Crippen molar-refractivity contribution in [2.45, 2.75) is 6.54 Å². The number of hydrogen-bond donors (Lipinski definition) is 2. The Labute approximate surface area is 160 Å². The molecule has 0 aliphatic heterocycles. The molecular weight excluding hydrogens is 366 g/mol. The van der Waals surface area contributed by atoms with Crippen molar-refractivity contribution in [2.75, 3.05) is 0 Å². The van der Waals surface area contributed by atoms with Crippen LogP contribution in [-0.4, -0.2) is 16.8 Å². The van der Waals surface area contributed by atoms with E-state index >= 15 is 0 Å². The lowest BCUT2D eigenvalue weighted by Gasteiger charge is -2.11. The minimum atomic E-state index is -0.491. The second kappa shape index (κ2) is 8.82. The van der Waals surface area contributed by atoms with Crippen LogP contribution in [0.25, 0.3) is 6.08 Å². The summed E-state index contributed by atoms with van der Waals surface area (Å²) in [4.78, 5) is 29.1. The first kappa shape index (κ1) is 18.4. The maximum atomic E-state index is 12.6. The Morgan fingerprint density at radius 2 is 1.96 bits per heavy atom. The van der Waals surface area contributed by atoms with Crippen molar-refractivity contribution in [3.8, 4) is 0 Å². The summed E-state index contributed by atoms with van der Waals surface area (Å²) in [6.45, 7) is 0.268. The van der Waals surface area contributed by atoms with E-state index in [1.165, 1.54) is 12.3 Å². The third kappa shape index (κ3) is 5.05. The number of nitrogens with zero attached hydrogens (tertiary/aromatic N) is 1. The molecule has 3 aromatic rings. The van der Waals surface area contributed by atoms with Gasteiger partial charge in [0.2, 0.25) is 0 Å². The molecule has 3 rings (SSSR count). The van der Waals surface area contributed by atoms with Crippen LogP contribution in [0.2, 0.25) is 5.02 Å². The highest BCUT2D eigenvalue weighted by atomic mass is 35.5. The van der Waals surface area contributed by atoms with Gasteiger partial charge in [0.15, 0.2) is 0 Å². The first-order valence-electron chi connectivity index (χ1n) is 8.11. The molecule has 27 heavy (non-hydrogen) atoms. The van der Waals surface area contributed by atoms with Crippen molar-refractivity contribution >= 4 is 29.5 Å². The molecule has 0 saturated heterocycles. The van der Waals surface area contributed by atoms with Gasteiger partial charge in [0.1, 0.15) is 11.5 Å². The van der Waals surface area contributed by atoms with Crippen molar-refractivity contribution < 1.29 is 14.0 Å². The summed E-state index contributed by atoms with van der Waals surface area (Å²) in [6, 6.07) is 13.6. The zero-order valence-electron chi connectivity index (χ0n) is 14.2. The molecule has 136 valence electrons. The van der Waals surface area contributed by atoms with Gasteiger partial charge in [0, 0.05) is 25.0 Å². The zero-order valence-corrected chi connectivity index (χ0v) is 14.9. The Morgan fingerprint density at radius 1 is 1.11 bits per heavy atom. The fraction of sp³-hybridized carbons (Fsp3) is 0.0500. The summed E-state index contributed by atoms with van der Waals surface area (Å²) in [5, 5.41) is 5.64. The van der Waals surface area contributed by atoms with Gasteiger partial charge in [-0.05, 0) is 35.9 Å². The number of carbonyl (C=O) groups is 2. The highest BCUT2D eigenvalue weighted by molar-refractivity contribution is 6.34. The summed E-state index contributed by atoms with van der Waals surface area (Å²) >= 11 is 6.06. The second-order valence-corrected chi connectivity index (χ2v) is 5.96. The number of halogens is 1. The number of carbonyl (C=O) groups excluding carboxylic acids is 2. The number of benzene rings is 1. The molecule has 2 heterocycles. The van der Waals surface area contributed by atoms with Crippen molar-refractivity contribution in [1.82, 2.24) is 15.6 Å². The number of nitrogens with one attached hydrogen (secondary N) is 2. The van der Waals surface area contributed by atoms with Gasteiger partial charge in [-0.25, -0.2) is 0 Å². The van der Waals surface area contributed by atoms with Gasteiger partial charge in [-0.2, -0.15) is 0 Å². The fourth-order valence-corrected chi connectivity index (χ4v) is 2.51. The molecule has 0 saturated carbocycles. The lowest BCUT2D eigenvalue weighted by molar-refractivity contribution is -0.117. The molecule has 0 unspecified atom stereocenters. The number of pyridine rings is 1. The van der Waals surface area contributed by atoms with E-state index in [1.807, 2.05) is 6.07 Å². The number of amides is 2. The van der Waals surface area contributed by atoms with Crippen LogP contribution >= 0.6 is 11.6 Å². The Kier molecular flexibility index (Phi) is 6.02. The van der Waals surface area contributed by atoms with Gasteiger partial charge >= 0.3 is 0 Å². The maximum Gasteiger partial charge on any atom is 0.268 e. The van der Waals surface area contributed by atoms with Crippen LogP contribution in [-0.2, 0) is 11.3 Å². The second-order valence-electron chi connectivity index (χ2n) is 5.55. The average molecular weight is 382 g/mol. The van der Waals surface area contributed by atoms with Crippen LogP contribution in [0.5, 0.6) is 0 Å². The first-order chi connectivity index (χ1) is 13.1. The van der Waals surface area contributed by atoms with Crippen molar-refractivity contribution in [2.24, 2.45) is 0 Å². The Hall–Kier alpha value is -3.38. The van der Waals surface area contributed by atoms with Crippen LogP contribution < -0.4 is 10.6 Å². The van der Waals surface area contributed by atoms with E-state index in [0.29, 0.717) is 10.8 Å². The van der Waals surface area contributed by atoms with Crippen LogP contribution in [0.4, 0.5) is 0 Å². The summed E-state index contributed by atoms with van der Waals surface area (Å²) in [7, 11) is 0. The number of aromatic nitrogens is 1. The van der Waals surface area contributed by atoms with Gasteiger partial charge in [-0.1, -0.05) is 29.8 Å². The van der Waals surface area contributed by atoms with E-state index in [0.717, 1.165) is 5.56 Å².